The maximum Gasteiger partial charge on any atom is 0.261 e. The van der Waals surface area contributed by atoms with Gasteiger partial charge in [-0.05, 0) is 43.2 Å². The molecular weight excluding hydrogens is 405 g/mol. The van der Waals surface area contributed by atoms with Crippen LogP contribution in [0.5, 0.6) is 5.75 Å². The minimum atomic E-state index is -0.458. The first-order valence-electron chi connectivity index (χ1n) is 9.35. The number of benzene rings is 2. The maximum atomic E-state index is 13.0. The highest BCUT2D eigenvalue weighted by molar-refractivity contribution is 7.14. The molecule has 6 nitrogen and oxygen atoms in total. The summed E-state index contributed by atoms with van der Waals surface area (Å²) in [6.07, 6.45) is 0.739. The van der Waals surface area contributed by atoms with E-state index >= 15 is 0 Å². The van der Waals surface area contributed by atoms with Crippen molar-refractivity contribution in [3.63, 3.8) is 0 Å². The normalized spacial score (nSPS) is 10.6. The van der Waals surface area contributed by atoms with E-state index in [-0.39, 0.29) is 29.5 Å². The number of anilines is 1. The average Bonchev–Trinajstić information content (AvgIpc) is 3.15. The third-order valence-electron chi connectivity index (χ3n) is 4.58. The summed E-state index contributed by atoms with van der Waals surface area (Å²) in [7, 11) is 1.71. The molecule has 0 aliphatic heterocycles. The van der Waals surface area contributed by atoms with Crippen molar-refractivity contribution in [2.75, 3.05) is 18.9 Å². The second-order valence-corrected chi connectivity index (χ2v) is 7.85. The number of aryl methyl sites for hydroxylation is 1. The second kappa shape index (κ2) is 9.49. The molecule has 0 atom stereocenters. The van der Waals surface area contributed by atoms with Crippen molar-refractivity contribution < 1.29 is 19.1 Å². The van der Waals surface area contributed by atoms with Gasteiger partial charge in [0.25, 0.3) is 5.91 Å². The summed E-state index contributed by atoms with van der Waals surface area (Å²) in [4.78, 5) is 30.7. The monoisotopic (exact) mass is 427 g/mol. The summed E-state index contributed by atoms with van der Waals surface area (Å²) in [5, 5.41) is 14.6. The van der Waals surface area contributed by atoms with E-state index in [2.05, 4.69) is 10.3 Å². The van der Waals surface area contributed by atoms with E-state index in [9.17, 15) is 19.1 Å². The van der Waals surface area contributed by atoms with Gasteiger partial charge in [0.15, 0.2) is 5.13 Å². The molecule has 0 fully saturated rings. The predicted molar refractivity (Wildman–Crippen MR) is 114 cm³/mol. The van der Waals surface area contributed by atoms with Crippen LogP contribution in [-0.4, -0.2) is 40.4 Å². The summed E-state index contributed by atoms with van der Waals surface area (Å²) < 4.78 is 13.0. The number of hydrogen-bond donors (Lipinski definition) is 2. The molecule has 3 rings (SSSR count). The molecular formula is C22H22FN3O3S. The van der Waals surface area contributed by atoms with Crippen LogP contribution in [0.2, 0.25) is 0 Å². The number of phenols is 1. The summed E-state index contributed by atoms with van der Waals surface area (Å²) >= 11 is 1.22. The first-order valence-corrected chi connectivity index (χ1v) is 10.2. The lowest BCUT2D eigenvalue weighted by Crippen LogP contribution is -2.30. The number of aromatic hydroxyl groups is 1. The Bertz CT molecular complexity index is 1050. The van der Waals surface area contributed by atoms with Crippen LogP contribution < -0.4 is 5.32 Å². The van der Waals surface area contributed by atoms with Crippen LogP contribution in [0.15, 0.2) is 47.8 Å². The molecule has 0 saturated carbocycles. The third kappa shape index (κ3) is 5.64. The van der Waals surface area contributed by atoms with E-state index in [0.717, 1.165) is 11.1 Å². The molecule has 0 aliphatic rings. The zero-order chi connectivity index (χ0) is 21.7. The van der Waals surface area contributed by atoms with Crippen molar-refractivity contribution >= 4 is 28.3 Å². The third-order valence-corrected chi connectivity index (χ3v) is 5.38. The molecule has 3 aromatic rings. The molecule has 1 aromatic heterocycles. The van der Waals surface area contributed by atoms with Crippen LogP contribution in [0.3, 0.4) is 0 Å². The Labute approximate surface area is 178 Å². The summed E-state index contributed by atoms with van der Waals surface area (Å²) in [5.41, 5.74) is 2.53. The maximum absolute atomic E-state index is 13.0. The molecule has 0 spiro atoms. The van der Waals surface area contributed by atoms with Crippen LogP contribution in [0, 0.1) is 12.7 Å². The van der Waals surface area contributed by atoms with Gasteiger partial charge in [-0.3, -0.25) is 14.9 Å². The smallest absolute Gasteiger partial charge is 0.261 e. The van der Waals surface area contributed by atoms with Gasteiger partial charge in [-0.25, -0.2) is 9.37 Å². The van der Waals surface area contributed by atoms with E-state index in [4.69, 9.17) is 0 Å². The second-order valence-electron chi connectivity index (χ2n) is 6.99. The molecule has 0 unspecified atom stereocenters. The summed E-state index contributed by atoms with van der Waals surface area (Å²) in [5.74, 6) is -0.948. The number of phenolic OH excluding ortho intramolecular Hbond substituents is 1. The Balaban J connectivity index is 1.54. The van der Waals surface area contributed by atoms with Gasteiger partial charge in [-0.15, -0.1) is 11.3 Å². The van der Waals surface area contributed by atoms with Crippen LogP contribution in [0.4, 0.5) is 9.52 Å². The Morgan fingerprint density at radius 1 is 1.20 bits per heavy atom. The molecule has 0 radical (unpaired) electrons. The van der Waals surface area contributed by atoms with Gasteiger partial charge >= 0.3 is 0 Å². The lowest BCUT2D eigenvalue weighted by molar-refractivity contribution is -0.129. The van der Waals surface area contributed by atoms with Crippen molar-refractivity contribution in [1.29, 1.82) is 0 Å². The van der Waals surface area contributed by atoms with Gasteiger partial charge in [0.2, 0.25) is 5.91 Å². The highest BCUT2D eigenvalue weighted by Gasteiger charge is 2.16. The molecule has 2 N–H and O–H groups in total. The quantitative estimate of drug-likeness (QED) is 0.601. The van der Waals surface area contributed by atoms with E-state index < -0.39 is 5.91 Å². The number of nitrogens with zero attached hydrogens (tertiary/aromatic N) is 2. The van der Waals surface area contributed by atoms with E-state index in [1.54, 1.807) is 41.6 Å². The van der Waals surface area contributed by atoms with E-state index in [1.165, 1.54) is 29.5 Å². The minimum Gasteiger partial charge on any atom is -0.507 e. The van der Waals surface area contributed by atoms with Crippen molar-refractivity contribution in [1.82, 2.24) is 9.88 Å². The summed E-state index contributed by atoms with van der Waals surface area (Å²) in [6, 6.07) is 11.0. The number of thiazole rings is 1. The first-order chi connectivity index (χ1) is 14.3. The Hall–Kier alpha value is -3.26. The van der Waals surface area contributed by atoms with Gasteiger partial charge in [0, 0.05) is 19.0 Å². The largest absolute Gasteiger partial charge is 0.507 e. The molecule has 2 aromatic carbocycles. The van der Waals surface area contributed by atoms with Crippen molar-refractivity contribution in [2.24, 2.45) is 0 Å². The average molecular weight is 428 g/mol. The number of amides is 2. The van der Waals surface area contributed by atoms with Gasteiger partial charge < -0.3 is 10.0 Å². The number of nitrogens with one attached hydrogen (secondary N) is 1. The number of halogens is 1. The zero-order valence-electron chi connectivity index (χ0n) is 16.7. The molecule has 8 heteroatoms. The SMILES string of the molecule is Cc1ccc(O)c(C(=O)Nc2nc(CC(=O)N(C)CCc3ccc(F)cc3)cs2)c1. The standard InChI is InChI=1S/C22H22FN3O3S/c1-14-3-8-19(27)18(11-14)21(29)25-22-24-17(13-30-22)12-20(28)26(2)10-9-15-4-6-16(23)7-5-15/h3-8,11,13,27H,9-10,12H2,1-2H3,(H,24,25,29). The highest BCUT2D eigenvalue weighted by atomic mass is 32.1. The number of aromatic nitrogens is 1. The van der Waals surface area contributed by atoms with Gasteiger partial charge in [-0.2, -0.15) is 0 Å². The highest BCUT2D eigenvalue weighted by Crippen LogP contribution is 2.22. The fourth-order valence-electron chi connectivity index (χ4n) is 2.80. The molecule has 0 bridgehead atoms. The van der Waals surface area contributed by atoms with Crippen molar-refractivity contribution in [3.8, 4) is 5.75 Å². The van der Waals surface area contributed by atoms with Gasteiger partial charge in [0.1, 0.15) is 11.6 Å². The topological polar surface area (TPSA) is 82.5 Å². The fourth-order valence-corrected chi connectivity index (χ4v) is 3.51. The molecule has 1 heterocycles. The number of rotatable bonds is 7. The number of carbonyl (C=O) groups is 2. The molecule has 0 saturated heterocycles. The molecule has 2 amide bonds. The number of carbonyl (C=O) groups excluding carboxylic acids is 2. The lowest BCUT2D eigenvalue weighted by atomic mass is 10.1. The zero-order valence-corrected chi connectivity index (χ0v) is 17.5. The van der Waals surface area contributed by atoms with Gasteiger partial charge in [-0.1, -0.05) is 23.8 Å². The summed E-state index contributed by atoms with van der Waals surface area (Å²) in [6.45, 7) is 2.33. The Morgan fingerprint density at radius 2 is 1.93 bits per heavy atom. The Kier molecular flexibility index (Phi) is 6.79. The minimum absolute atomic E-state index is 0.100. The van der Waals surface area contributed by atoms with Crippen LogP contribution in [0.1, 0.15) is 27.2 Å². The number of likely N-dealkylation sites (N-methyl/N-ethyl adjacent to an activating group) is 1. The lowest BCUT2D eigenvalue weighted by Gasteiger charge is -2.16. The molecule has 0 aliphatic carbocycles. The van der Waals surface area contributed by atoms with Crippen LogP contribution >= 0.6 is 11.3 Å². The van der Waals surface area contributed by atoms with Crippen LogP contribution in [-0.2, 0) is 17.6 Å². The van der Waals surface area contributed by atoms with Crippen LogP contribution in [0.25, 0.3) is 0 Å². The first kappa shape index (κ1) is 21.4. The molecule has 156 valence electrons. The fraction of sp³-hybridized carbons (Fsp3) is 0.227. The molecule has 30 heavy (non-hydrogen) atoms. The number of hydrogen-bond acceptors (Lipinski definition) is 5. The van der Waals surface area contributed by atoms with Crippen molar-refractivity contribution in [3.05, 3.63) is 76.0 Å². The van der Waals surface area contributed by atoms with Crippen molar-refractivity contribution in [2.45, 2.75) is 19.8 Å². The van der Waals surface area contributed by atoms with E-state index in [0.29, 0.717) is 23.8 Å². The Morgan fingerprint density at radius 3 is 2.67 bits per heavy atom. The predicted octanol–water partition coefficient (Wildman–Crippen LogP) is 3.79. The van der Waals surface area contributed by atoms with E-state index in [1.807, 2.05) is 6.92 Å². The van der Waals surface area contributed by atoms with Gasteiger partial charge in [0.05, 0.1) is 17.7 Å².